The van der Waals surface area contributed by atoms with E-state index in [2.05, 4.69) is 28.1 Å². The molecule has 2 aromatic carbocycles. The SMILES string of the molecule is O=C(O)Cc1ccc(CSc2cccc(Br)c2)cc1. The van der Waals surface area contributed by atoms with Gasteiger partial charge in [-0.05, 0) is 29.3 Å². The highest BCUT2D eigenvalue weighted by Crippen LogP contribution is 2.25. The highest BCUT2D eigenvalue weighted by atomic mass is 79.9. The van der Waals surface area contributed by atoms with Gasteiger partial charge in [-0.2, -0.15) is 0 Å². The van der Waals surface area contributed by atoms with Crippen LogP contribution in [0.5, 0.6) is 0 Å². The van der Waals surface area contributed by atoms with Crippen molar-refractivity contribution >= 4 is 33.7 Å². The lowest BCUT2D eigenvalue weighted by Gasteiger charge is -2.04. The van der Waals surface area contributed by atoms with Gasteiger partial charge in [0.15, 0.2) is 0 Å². The van der Waals surface area contributed by atoms with Crippen LogP contribution >= 0.6 is 27.7 Å². The molecular weight excluding hydrogens is 324 g/mol. The first-order chi connectivity index (χ1) is 9.13. The van der Waals surface area contributed by atoms with E-state index in [-0.39, 0.29) is 6.42 Å². The van der Waals surface area contributed by atoms with Gasteiger partial charge in [0.1, 0.15) is 0 Å². The molecule has 0 spiro atoms. The number of rotatable bonds is 5. The lowest BCUT2D eigenvalue weighted by atomic mass is 10.1. The number of carbonyl (C=O) groups is 1. The molecule has 0 unspecified atom stereocenters. The maximum atomic E-state index is 10.6. The zero-order valence-electron chi connectivity index (χ0n) is 10.2. The van der Waals surface area contributed by atoms with Gasteiger partial charge < -0.3 is 5.11 Å². The normalized spacial score (nSPS) is 10.4. The van der Waals surface area contributed by atoms with Crippen molar-refractivity contribution in [1.82, 2.24) is 0 Å². The van der Waals surface area contributed by atoms with Crippen LogP contribution in [0.4, 0.5) is 0 Å². The van der Waals surface area contributed by atoms with Crippen LogP contribution < -0.4 is 0 Å². The Morgan fingerprint density at radius 2 is 1.79 bits per heavy atom. The van der Waals surface area contributed by atoms with E-state index in [1.165, 1.54) is 10.5 Å². The first kappa shape index (κ1) is 14.2. The van der Waals surface area contributed by atoms with Crippen LogP contribution in [-0.2, 0) is 17.0 Å². The van der Waals surface area contributed by atoms with Gasteiger partial charge in [0.25, 0.3) is 0 Å². The topological polar surface area (TPSA) is 37.3 Å². The molecule has 0 amide bonds. The highest BCUT2D eigenvalue weighted by Gasteiger charge is 2.01. The summed E-state index contributed by atoms with van der Waals surface area (Å²) in [5.74, 6) is 0.0836. The maximum Gasteiger partial charge on any atom is 0.307 e. The van der Waals surface area contributed by atoms with Gasteiger partial charge in [-0.3, -0.25) is 4.79 Å². The minimum absolute atomic E-state index is 0.0824. The largest absolute Gasteiger partial charge is 0.481 e. The van der Waals surface area contributed by atoms with Crippen molar-refractivity contribution in [2.75, 3.05) is 0 Å². The molecule has 0 atom stereocenters. The third-order valence-electron chi connectivity index (χ3n) is 2.58. The van der Waals surface area contributed by atoms with Crippen LogP contribution in [0.3, 0.4) is 0 Å². The van der Waals surface area contributed by atoms with E-state index in [0.717, 1.165) is 15.8 Å². The Balaban J connectivity index is 1.94. The average molecular weight is 337 g/mol. The summed E-state index contributed by atoms with van der Waals surface area (Å²) in [7, 11) is 0. The van der Waals surface area contributed by atoms with Crippen molar-refractivity contribution < 1.29 is 9.90 Å². The fourth-order valence-corrected chi connectivity index (χ4v) is 3.11. The predicted molar refractivity (Wildman–Crippen MR) is 81.5 cm³/mol. The van der Waals surface area contributed by atoms with Gasteiger partial charge in [0.2, 0.25) is 0 Å². The van der Waals surface area contributed by atoms with Crippen molar-refractivity contribution in [3.05, 3.63) is 64.1 Å². The van der Waals surface area contributed by atoms with E-state index in [0.29, 0.717) is 0 Å². The van der Waals surface area contributed by atoms with E-state index >= 15 is 0 Å². The Bertz CT molecular complexity index is 567. The summed E-state index contributed by atoms with van der Waals surface area (Å²) in [5, 5.41) is 8.71. The fourth-order valence-electron chi connectivity index (χ4n) is 1.65. The Kier molecular flexibility index (Phi) is 5.05. The van der Waals surface area contributed by atoms with E-state index in [1.807, 2.05) is 36.4 Å². The molecule has 0 aliphatic carbocycles. The molecule has 19 heavy (non-hydrogen) atoms. The molecular formula is C15H13BrO2S. The molecule has 0 aromatic heterocycles. The van der Waals surface area contributed by atoms with Crippen molar-refractivity contribution in [3.8, 4) is 0 Å². The van der Waals surface area contributed by atoms with Crippen LogP contribution in [0.15, 0.2) is 57.9 Å². The summed E-state index contributed by atoms with van der Waals surface area (Å²) in [6, 6.07) is 15.9. The summed E-state index contributed by atoms with van der Waals surface area (Å²) in [6.45, 7) is 0. The molecule has 0 radical (unpaired) electrons. The average Bonchev–Trinajstić information content (AvgIpc) is 2.37. The molecule has 0 saturated heterocycles. The quantitative estimate of drug-likeness (QED) is 0.824. The van der Waals surface area contributed by atoms with Crippen molar-refractivity contribution in [2.24, 2.45) is 0 Å². The number of hydrogen-bond donors (Lipinski definition) is 1. The Labute approximate surface area is 125 Å². The number of benzene rings is 2. The molecule has 2 rings (SSSR count). The summed E-state index contributed by atoms with van der Waals surface area (Å²) in [5.41, 5.74) is 2.03. The summed E-state index contributed by atoms with van der Waals surface area (Å²) in [6.07, 6.45) is 0.0824. The molecule has 0 bridgehead atoms. The minimum atomic E-state index is -0.795. The second-order valence-electron chi connectivity index (χ2n) is 4.13. The second kappa shape index (κ2) is 6.78. The van der Waals surface area contributed by atoms with Gasteiger partial charge in [-0.15, -0.1) is 11.8 Å². The van der Waals surface area contributed by atoms with Gasteiger partial charge in [0, 0.05) is 15.1 Å². The van der Waals surface area contributed by atoms with Crippen LogP contribution in [0, 0.1) is 0 Å². The third kappa shape index (κ3) is 4.73. The zero-order chi connectivity index (χ0) is 13.7. The summed E-state index contributed by atoms with van der Waals surface area (Å²) < 4.78 is 1.08. The minimum Gasteiger partial charge on any atom is -0.481 e. The molecule has 0 aliphatic heterocycles. The Morgan fingerprint density at radius 1 is 1.11 bits per heavy atom. The molecule has 0 heterocycles. The third-order valence-corrected chi connectivity index (χ3v) is 4.14. The number of carboxylic acids is 1. The van der Waals surface area contributed by atoms with Gasteiger partial charge in [0.05, 0.1) is 6.42 Å². The van der Waals surface area contributed by atoms with Crippen LogP contribution in [0.2, 0.25) is 0 Å². The number of hydrogen-bond acceptors (Lipinski definition) is 2. The van der Waals surface area contributed by atoms with Gasteiger partial charge in [-0.25, -0.2) is 0 Å². The maximum absolute atomic E-state index is 10.6. The van der Waals surface area contributed by atoms with Crippen LogP contribution in [0.1, 0.15) is 11.1 Å². The molecule has 98 valence electrons. The monoisotopic (exact) mass is 336 g/mol. The summed E-state index contributed by atoms with van der Waals surface area (Å²) in [4.78, 5) is 11.8. The molecule has 0 fully saturated rings. The number of carboxylic acid groups (broad SMARTS) is 1. The Hall–Kier alpha value is -1.26. The second-order valence-corrected chi connectivity index (χ2v) is 6.10. The van der Waals surface area contributed by atoms with Gasteiger partial charge >= 0.3 is 5.97 Å². The smallest absolute Gasteiger partial charge is 0.307 e. The van der Waals surface area contributed by atoms with E-state index in [4.69, 9.17) is 5.11 Å². The predicted octanol–water partition coefficient (Wildman–Crippen LogP) is 4.37. The lowest BCUT2D eigenvalue weighted by Crippen LogP contribution is -1.99. The van der Waals surface area contributed by atoms with E-state index in [9.17, 15) is 4.79 Å². The van der Waals surface area contributed by atoms with E-state index in [1.54, 1.807) is 11.8 Å². The number of aliphatic carboxylic acids is 1. The number of halogens is 1. The lowest BCUT2D eigenvalue weighted by molar-refractivity contribution is -0.136. The van der Waals surface area contributed by atoms with Crippen LogP contribution in [-0.4, -0.2) is 11.1 Å². The van der Waals surface area contributed by atoms with Crippen molar-refractivity contribution in [1.29, 1.82) is 0 Å². The molecule has 4 heteroatoms. The number of thioether (sulfide) groups is 1. The fraction of sp³-hybridized carbons (Fsp3) is 0.133. The van der Waals surface area contributed by atoms with E-state index < -0.39 is 5.97 Å². The summed E-state index contributed by atoms with van der Waals surface area (Å²) >= 11 is 5.21. The molecule has 0 aliphatic rings. The van der Waals surface area contributed by atoms with Crippen molar-refractivity contribution in [2.45, 2.75) is 17.1 Å². The molecule has 2 nitrogen and oxygen atoms in total. The molecule has 1 N–H and O–H groups in total. The first-order valence-electron chi connectivity index (χ1n) is 5.81. The molecule has 2 aromatic rings. The standard InChI is InChI=1S/C15H13BrO2S/c16-13-2-1-3-14(9-13)19-10-12-6-4-11(5-7-12)8-15(17)18/h1-7,9H,8,10H2,(H,17,18). The molecule has 0 saturated carbocycles. The first-order valence-corrected chi connectivity index (χ1v) is 7.59. The highest BCUT2D eigenvalue weighted by molar-refractivity contribution is 9.10. The van der Waals surface area contributed by atoms with Gasteiger partial charge in [-0.1, -0.05) is 46.3 Å². The Morgan fingerprint density at radius 3 is 2.42 bits per heavy atom. The van der Waals surface area contributed by atoms with Crippen molar-refractivity contribution in [3.63, 3.8) is 0 Å². The zero-order valence-corrected chi connectivity index (χ0v) is 12.6. The van der Waals surface area contributed by atoms with Crippen LogP contribution in [0.25, 0.3) is 0 Å².